The minimum atomic E-state index is -0.665. The summed E-state index contributed by atoms with van der Waals surface area (Å²) in [5.74, 6) is -0.950. The number of hydrogen-bond donors (Lipinski definition) is 2. The monoisotopic (exact) mass is 455 g/mol. The van der Waals surface area contributed by atoms with Crippen molar-refractivity contribution in [1.82, 2.24) is 10.3 Å². The summed E-state index contributed by atoms with van der Waals surface area (Å²) in [4.78, 5) is 42.4. The lowest BCUT2D eigenvalue weighted by Gasteiger charge is -2.12. The second kappa shape index (κ2) is 9.19. The summed E-state index contributed by atoms with van der Waals surface area (Å²) in [5, 5.41) is 6.16. The van der Waals surface area contributed by atoms with E-state index in [1.54, 1.807) is 60.7 Å². The number of rotatable bonds is 7. The van der Waals surface area contributed by atoms with Gasteiger partial charge in [-0.2, -0.15) is 0 Å². The number of carbonyl (C=O) groups is 3. The Labute approximate surface area is 194 Å². The van der Waals surface area contributed by atoms with Gasteiger partial charge in [0.25, 0.3) is 11.8 Å². The molecule has 170 valence electrons. The van der Waals surface area contributed by atoms with Crippen LogP contribution in [0, 0.1) is 0 Å². The zero-order chi connectivity index (χ0) is 23.5. The van der Waals surface area contributed by atoms with E-state index in [-0.39, 0.29) is 17.5 Å². The number of nitrogens with one attached hydrogen (secondary N) is 2. The minimum absolute atomic E-state index is 0.193. The first-order chi connectivity index (χ1) is 16.6. The normalized spacial score (nSPS) is 12.8. The average Bonchev–Trinajstić information content (AvgIpc) is 3.49. The van der Waals surface area contributed by atoms with Crippen LogP contribution >= 0.6 is 0 Å². The van der Waals surface area contributed by atoms with Crippen molar-refractivity contribution in [2.75, 3.05) is 11.9 Å². The van der Waals surface area contributed by atoms with E-state index >= 15 is 0 Å². The van der Waals surface area contributed by atoms with Crippen LogP contribution < -0.4 is 10.6 Å². The molecule has 0 spiro atoms. The number of nitrogens with zero attached hydrogens (tertiary/aromatic N) is 1. The third kappa shape index (κ3) is 4.66. The number of amides is 2. The number of esters is 1. The highest BCUT2D eigenvalue weighted by molar-refractivity contribution is 6.07. The zero-order valence-electron chi connectivity index (χ0n) is 18.1. The zero-order valence-corrected chi connectivity index (χ0v) is 18.1. The molecule has 1 aliphatic rings. The Bertz CT molecular complexity index is 1380. The molecule has 2 heterocycles. The van der Waals surface area contributed by atoms with E-state index in [0.29, 0.717) is 33.6 Å². The van der Waals surface area contributed by atoms with Gasteiger partial charge in [0.2, 0.25) is 0 Å². The SMILES string of the molecule is O=C(COC(=O)c1cc(-c2ccco2)nc2ccccc12)Nc1ccccc1C(=O)NC1CC1. The molecule has 0 unspecified atom stereocenters. The Morgan fingerprint density at radius 2 is 1.76 bits per heavy atom. The van der Waals surface area contributed by atoms with Gasteiger partial charge in [-0.1, -0.05) is 30.3 Å². The molecule has 34 heavy (non-hydrogen) atoms. The summed E-state index contributed by atoms with van der Waals surface area (Å²) in [5.41, 5.74) is 2.07. The lowest BCUT2D eigenvalue weighted by atomic mass is 10.1. The number of carbonyl (C=O) groups excluding carboxylic acids is 3. The predicted molar refractivity (Wildman–Crippen MR) is 125 cm³/mol. The highest BCUT2D eigenvalue weighted by Crippen LogP contribution is 2.26. The van der Waals surface area contributed by atoms with Crippen LogP contribution in [0.2, 0.25) is 0 Å². The van der Waals surface area contributed by atoms with Gasteiger partial charge in [-0.3, -0.25) is 9.59 Å². The number of pyridine rings is 1. The van der Waals surface area contributed by atoms with Crippen LogP contribution in [-0.2, 0) is 9.53 Å². The number of furan rings is 1. The van der Waals surface area contributed by atoms with Crippen LogP contribution in [0.4, 0.5) is 5.69 Å². The van der Waals surface area contributed by atoms with Crippen molar-refractivity contribution in [3.8, 4) is 11.5 Å². The van der Waals surface area contributed by atoms with Crippen molar-refractivity contribution in [2.24, 2.45) is 0 Å². The summed E-state index contributed by atoms with van der Waals surface area (Å²) in [7, 11) is 0. The first kappa shape index (κ1) is 21.4. The number of anilines is 1. The van der Waals surface area contributed by atoms with Crippen molar-refractivity contribution >= 4 is 34.4 Å². The summed E-state index contributed by atoms with van der Waals surface area (Å²) in [6.45, 7) is -0.510. The van der Waals surface area contributed by atoms with Gasteiger partial charge in [0, 0.05) is 11.4 Å². The number of aromatic nitrogens is 1. The number of hydrogen-bond acceptors (Lipinski definition) is 6. The molecule has 1 aliphatic carbocycles. The summed E-state index contributed by atoms with van der Waals surface area (Å²) in [6.07, 6.45) is 3.44. The molecule has 2 amide bonds. The van der Waals surface area contributed by atoms with Gasteiger partial charge in [0.15, 0.2) is 12.4 Å². The summed E-state index contributed by atoms with van der Waals surface area (Å²) >= 11 is 0. The number of fused-ring (bicyclic) bond motifs is 1. The molecule has 1 saturated carbocycles. The van der Waals surface area contributed by atoms with Gasteiger partial charge in [-0.15, -0.1) is 0 Å². The maximum Gasteiger partial charge on any atom is 0.339 e. The second-order valence-electron chi connectivity index (χ2n) is 7.97. The van der Waals surface area contributed by atoms with Gasteiger partial charge in [0.1, 0.15) is 5.69 Å². The molecule has 5 rings (SSSR count). The molecule has 1 fully saturated rings. The maximum atomic E-state index is 12.9. The first-order valence-electron chi connectivity index (χ1n) is 10.9. The van der Waals surface area contributed by atoms with Crippen molar-refractivity contribution < 1.29 is 23.5 Å². The number of benzene rings is 2. The molecule has 0 atom stereocenters. The molecule has 0 saturated heterocycles. The summed E-state index contributed by atoms with van der Waals surface area (Å²) < 4.78 is 10.7. The highest BCUT2D eigenvalue weighted by Gasteiger charge is 2.25. The molecule has 2 N–H and O–H groups in total. The molecular formula is C26H21N3O5. The Kier molecular flexibility index (Phi) is 5.78. The third-order valence-corrected chi connectivity index (χ3v) is 5.40. The number of ether oxygens (including phenoxy) is 1. The molecule has 8 nitrogen and oxygen atoms in total. The smallest absolute Gasteiger partial charge is 0.339 e. The van der Waals surface area contributed by atoms with Gasteiger partial charge in [-0.25, -0.2) is 9.78 Å². The van der Waals surface area contributed by atoms with Crippen LogP contribution in [0.1, 0.15) is 33.6 Å². The average molecular weight is 455 g/mol. The highest BCUT2D eigenvalue weighted by atomic mass is 16.5. The number of para-hydroxylation sites is 2. The van der Waals surface area contributed by atoms with Crippen molar-refractivity contribution in [1.29, 1.82) is 0 Å². The van der Waals surface area contributed by atoms with E-state index in [1.807, 2.05) is 6.07 Å². The van der Waals surface area contributed by atoms with Gasteiger partial charge >= 0.3 is 5.97 Å². The Hall–Kier alpha value is -4.46. The fourth-order valence-corrected chi connectivity index (χ4v) is 3.57. The topological polar surface area (TPSA) is 111 Å². The van der Waals surface area contributed by atoms with Gasteiger partial charge in [0.05, 0.1) is 28.6 Å². The molecule has 4 aromatic rings. The van der Waals surface area contributed by atoms with Crippen molar-refractivity contribution in [3.05, 3.63) is 84.1 Å². The van der Waals surface area contributed by atoms with Crippen LogP contribution in [-0.4, -0.2) is 35.4 Å². The van der Waals surface area contributed by atoms with Crippen molar-refractivity contribution in [2.45, 2.75) is 18.9 Å². The van der Waals surface area contributed by atoms with Gasteiger partial charge in [-0.05, 0) is 49.2 Å². The standard InChI is InChI=1S/C26H21N3O5/c30-24(29-21-9-4-2-7-18(21)25(31)27-16-11-12-16)15-34-26(32)19-14-22(23-10-5-13-33-23)28-20-8-3-1-6-17(19)20/h1-10,13-14,16H,11-12,15H2,(H,27,31)(H,29,30). The first-order valence-corrected chi connectivity index (χ1v) is 10.9. The molecule has 2 aromatic carbocycles. The lowest BCUT2D eigenvalue weighted by Crippen LogP contribution is -2.28. The lowest BCUT2D eigenvalue weighted by molar-refractivity contribution is -0.119. The Morgan fingerprint density at radius 1 is 0.971 bits per heavy atom. The van der Waals surface area contributed by atoms with Crippen molar-refractivity contribution in [3.63, 3.8) is 0 Å². The molecular weight excluding hydrogens is 434 g/mol. The van der Waals surface area contributed by atoms with Crippen LogP contribution in [0.15, 0.2) is 77.4 Å². The predicted octanol–water partition coefficient (Wildman–Crippen LogP) is 4.18. The molecule has 2 aromatic heterocycles. The van der Waals surface area contributed by atoms with E-state index in [9.17, 15) is 14.4 Å². The Balaban J connectivity index is 1.30. The quantitative estimate of drug-likeness (QED) is 0.405. The maximum absolute atomic E-state index is 12.9. The fraction of sp³-hybridized carbons (Fsp3) is 0.154. The largest absolute Gasteiger partial charge is 0.463 e. The Morgan fingerprint density at radius 3 is 2.56 bits per heavy atom. The third-order valence-electron chi connectivity index (χ3n) is 5.40. The van der Waals surface area contributed by atoms with Crippen LogP contribution in [0.5, 0.6) is 0 Å². The van der Waals surface area contributed by atoms with Crippen LogP contribution in [0.3, 0.4) is 0 Å². The van der Waals surface area contributed by atoms with E-state index in [1.165, 1.54) is 6.26 Å². The molecule has 0 radical (unpaired) electrons. The fourth-order valence-electron chi connectivity index (χ4n) is 3.57. The van der Waals surface area contributed by atoms with E-state index < -0.39 is 18.5 Å². The van der Waals surface area contributed by atoms with E-state index in [0.717, 1.165) is 12.8 Å². The molecule has 0 aliphatic heterocycles. The van der Waals surface area contributed by atoms with E-state index in [2.05, 4.69) is 15.6 Å². The van der Waals surface area contributed by atoms with E-state index in [4.69, 9.17) is 9.15 Å². The van der Waals surface area contributed by atoms with Crippen LogP contribution in [0.25, 0.3) is 22.4 Å². The molecule has 0 bridgehead atoms. The minimum Gasteiger partial charge on any atom is -0.463 e. The molecule has 8 heteroatoms. The summed E-state index contributed by atoms with van der Waals surface area (Å²) in [6, 6.07) is 19.1. The van der Waals surface area contributed by atoms with Gasteiger partial charge < -0.3 is 19.8 Å². The second-order valence-corrected chi connectivity index (χ2v) is 7.97.